The third-order valence-corrected chi connectivity index (χ3v) is 14.9. The minimum absolute atomic E-state index is 0.0472. The first-order valence-electron chi connectivity index (χ1n) is 14.7. The Morgan fingerprint density at radius 2 is 1.38 bits per heavy atom. The summed E-state index contributed by atoms with van der Waals surface area (Å²) < 4.78 is 0. The van der Waals surface area contributed by atoms with Gasteiger partial charge >= 0.3 is 5.97 Å². The fourth-order valence-electron chi connectivity index (χ4n) is 6.24. The van der Waals surface area contributed by atoms with E-state index in [0.29, 0.717) is 11.9 Å². The van der Waals surface area contributed by atoms with E-state index in [1.807, 2.05) is 80.6 Å². The number of hydrogen-bond donors (Lipinski definition) is 2. The average Bonchev–Trinajstić information content (AvgIpc) is 3.05. The molecule has 0 unspecified atom stereocenters. The summed E-state index contributed by atoms with van der Waals surface area (Å²) in [6.45, 7) is 4.04. The van der Waals surface area contributed by atoms with E-state index in [-0.39, 0.29) is 23.3 Å². The van der Waals surface area contributed by atoms with E-state index in [9.17, 15) is 19.5 Å². The molecular weight excluding hydrogens is 620 g/mol. The van der Waals surface area contributed by atoms with Crippen LogP contribution >= 0.6 is 30.8 Å². The monoisotopic (exact) mass is 653 g/mol. The van der Waals surface area contributed by atoms with Crippen molar-refractivity contribution in [2.75, 3.05) is 17.7 Å². The first-order chi connectivity index (χ1) is 21.8. The van der Waals surface area contributed by atoms with Crippen LogP contribution in [-0.4, -0.2) is 56.9 Å². The summed E-state index contributed by atoms with van der Waals surface area (Å²) in [6, 6.07) is 36.3. The SMILES string of the molecule is Cc1cc(C)cc(SCC(=O)N[C@@H]2C(=O)N3C(C(=O)O)=C(C[P+](c4ccccc4)(c4ccccc4)c4ccccc4)CS[C@H]23)c1. The number of thioether (sulfide) groups is 2. The molecule has 0 spiro atoms. The van der Waals surface area contributed by atoms with E-state index in [4.69, 9.17) is 0 Å². The van der Waals surface area contributed by atoms with Gasteiger partial charge in [0, 0.05) is 16.2 Å². The normalized spacial score (nSPS) is 17.8. The molecule has 2 atom stereocenters. The number of carbonyl (C=O) groups is 3. The number of rotatable bonds is 10. The second kappa shape index (κ2) is 13.3. The van der Waals surface area contributed by atoms with Crippen LogP contribution in [0.3, 0.4) is 0 Å². The third-order valence-electron chi connectivity index (χ3n) is 8.15. The van der Waals surface area contributed by atoms with E-state index in [1.54, 1.807) is 0 Å². The van der Waals surface area contributed by atoms with Gasteiger partial charge in [-0.3, -0.25) is 14.5 Å². The molecule has 2 heterocycles. The zero-order chi connectivity index (χ0) is 31.6. The molecule has 2 N–H and O–H groups in total. The van der Waals surface area contributed by atoms with Crippen molar-refractivity contribution >= 4 is 64.5 Å². The van der Waals surface area contributed by atoms with Gasteiger partial charge in [-0.2, -0.15) is 0 Å². The number of carboxylic acids is 1. The lowest BCUT2D eigenvalue weighted by Gasteiger charge is -2.49. The second-order valence-electron chi connectivity index (χ2n) is 11.3. The summed E-state index contributed by atoms with van der Waals surface area (Å²) in [5, 5.41) is 16.4. The van der Waals surface area contributed by atoms with E-state index < -0.39 is 24.6 Å². The van der Waals surface area contributed by atoms with Crippen LogP contribution in [-0.2, 0) is 14.4 Å². The number of benzene rings is 4. The lowest BCUT2D eigenvalue weighted by Crippen LogP contribution is -2.70. The second-order valence-corrected chi connectivity index (χ2v) is 16.9. The van der Waals surface area contributed by atoms with Gasteiger partial charge in [0.1, 0.15) is 40.3 Å². The van der Waals surface area contributed by atoms with Crippen LogP contribution in [0.25, 0.3) is 0 Å². The Labute approximate surface area is 272 Å². The number of β-lactam (4-membered cyclic amide) rings is 1. The molecule has 0 radical (unpaired) electrons. The van der Waals surface area contributed by atoms with Crippen LogP contribution in [0, 0.1) is 13.8 Å². The lowest BCUT2D eigenvalue weighted by atomic mass is 10.0. The van der Waals surface area contributed by atoms with Crippen molar-refractivity contribution in [1.82, 2.24) is 10.2 Å². The van der Waals surface area contributed by atoms with E-state index in [2.05, 4.69) is 47.8 Å². The summed E-state index contributed by atoms with van der Waals surface area (Å²) in [7, 11) is -2.37. The van der Waals surface area contributed by atoms with Crippen LogP contribution in [0.5, 0.6) is 0 Å². The third kappa shape index (κ3) is 6.19. The van der Waals surface area contributed by atoms with Gasteiger partial charge in [0.2, 0.25) is 5.91 Å². The van der Waals surface area contributed by atoms with Gasteiger partial charge < -0.3 is 10.4 Å². The Morgan fingerprint density at radius 3 is 1.87 bits per heavy atom. The molecule has 0 saturated carbocycles. The standard InChI is InChI=1S/C36H33N2O4PS2/c1-24-18-25(2)20-30(19-24)44-23-31(39)37-32-34(40)38-33(36(41)42)26(22-45-35(32)38)21-43(27-12-6-3-7-13-27,28-14-8-4-9-15-28)29-16-10-5-11-17-29/h3-20,32,35H,21-23H2,1-2H3,(H-,37,39,41,42)/p+1/t32-,35-/m1/s1. The highest BCUT2D eigenvalue weighted by Crippen LogP contribution is 2.58. The number of aryl methyl sites for hydroxylation is 2. The smallest absolute Gasteiger partial charge is 0.352 e. The molecule has 0 aromatic heterocycles. The van der Waals surface area contributed by atoms with Crippen LogP contribution in [0.1, 0.15) is 11.1 Å². The zero-order valence-electron chi connectivity index (χ0n) is 25.1. The van der Waals surface area contributed by atoms with Crippen molar-refractivity contribution in [2.24, 2.45) is 0 Å². The molecule has 0 aliphatic carbocycles. The number of nitrogens with zero attached hydrogens (tertiary/aromatic N) is 1. The number of carboxylic acid groups (broad SMARTS) is 1. The number of fused-ring (bicyclic) bond motifs is 1. The molecule has 2 aliphatic heterocycles. The van der Waals surface area contributed by atoms with Gasteiger partial charge in [0.25, 0.3) is 5.91 Å². The minimum Gasteiger partial charge on any atom is -0.477 e. The van der Waals surface area contributed by atoms with Crippen LogP contribution in [0.2, 0.25) is 0 Å². The molecule has 4 aromatic carbocycles. The first-order valence-corrected chi connectivity index (χ1v) is 18.7. The van der Waals surface area contributed by atoms with Gasteiger partial charge in [-0.05, 0) is 73.5 Å². The molecular formula is C36H34N2O4PS2+. The number of amides is 2. The highest BCUT2D eigenvalue weighted by Gasteiger charge is 2.56. The van der Waals surface area contributed by atoms with Crippen molar-refractivity contribution in [3.8, 4) is 0 Å². The zero-order valence-corrected chi connectivity index (χ0v) is 27.6. The van der Waals surface area contributed by atoms with Gasteiger partial charge in [0.15, 0.2) is 0 Å². The van der Waals surface area contributed by atoms with Crippen molar-refractivity contribution < 1.29 is 19.5 Å². The molecule has 45 heavy (non-hydrogen) atoms. The minimum atomic E-state index is -2.37. The Balaban J connectivity index is 1.30. The van der Waals surface area contributed by atoms with Crippen molar-refractivity contribution in [3.63, 3.8) is 0 Å². The number of carbonyl (C=O) groups excluding carboxylic acids is 2. The lowest BCUT2D eigenvalue weighted by molar-refractivity contribution is -0.150. The molecule has 2 aliphatic rings. The van der Waals surface area contributed by atoms with Gasteiger partial charge in [-0.25, -0.2) is 4.79 Å². The Bertz CT molecular complexity index is 1650. The van der Waals surface area contributed by atoms with E-state index in [0.717, 1.165) is 37.5 Å². The predicted molar refractivity (Wildman–Crippen MR) is 186 cm³/mol. The topological polar surface area (TPSA) is 86.7 Å². The molecule has 6 nitrogen and oxygen atoms in total. The summed E-state index contributed by atoms with van der Waals surface area (Å²) in [6.07, 6.45) is 0.486. The number of nitrogens with one attached hydrogen (secondary N) is 1. The maximum atomic E-state index is 13.5. The quantitative estimate of drug-likeness (QED) is 0.140. The molecule has 1 fully saturated rings. The van der Waals surface area contributed by atoms with E-state index in [1.165, 1.54) is 28.4 Å². The molecule has 4 aromatic rings. The Kier molecular flexibility index (Phi) is 9.18. The van der Waals surface area contributed by atoms with Crippen molar-refractivity contribution in [1.29, 1.82) is 0 Å². The first kappa shape index (κ1) is 31.2. The van der Waals surface area contributed by atoms with Crippen molar-refractivity contribution in [3.05, 3.63) is 132 Å². The number of hydrogen-bond acceptors (Lipinski definition) is 5. The molecule has 9 heteroatoms. The average molecular weight is 654 g/mol. The fourth-order valence-corrected chi connectivity index (χ4v) is 13.0. The van der Waals surface area contributed by atoms with Gasteiger partial charge in [0.05, 0.1) is 11.9 Å². The highest BCUT2D eigenvalue weighted by atomic mass is 32.2. The van der Waals surface area contributed by atoms with E-state index >= 15 is 0 Å². The summed E-state index contributed by atoms with van der Waals surface area (Å²) >= 11 is 2.95. The molecule has 0 bridgehead atoms. The summed E-state index contributed by atoms with van der Waals surface area (Å²) in [5.41, 5.74) is 3.04. The Hall–Kier alpha value is -3.84. The summed E-state index contributed by atoms with van der Waals surface area (Å²) in [5.74, 6) is -1.11. The predicted octanol–water partition coefficient (Wildman–Crippen LogP) is 5.13. The Morgan fingerprint density at radius 1 is 0.867 bits per heavy atom. The molecule has 6 rings (SSSR count). The maximum Gasteiger partial charge on any atom is 0.352 e. The molecule has 2 amide bonds. The highest BCUT2D eigenvalue weighted by molar-refractivity contribution is 8.00. The van der Waals surface area contributed by atoms with Gasteiger partial charge in [-0.15, -0.1) is 23.5 Å². The van der Waals surface area contributed by atoms with Crippen LogP contribution in [0.15, 0.2) is 125 Å². The maximum absolute atomic E-state index is 13.5. The van der Waals surface area contributed by atoms with Gasteiger partial charge in [-0.1, -0.05) is 60.7 Å². The van der Waals surface area contributed by atoms with Crippen molar-refractivity contribution in [2.45, 2.75) is 30.2 Å². The van der Waals surface area contributed by atoms with Crippen LogP contribution < -0.4 is 21.2 Å². The largest absolute Gasteiger partial charge is 0.477 e. The molecule has 228 valence electrons. The fraction of sp³-hybridized carbons (Fsp3) is 0.194. The van der Waals surface area contributed by atoms with Crippen LogP contribution in [0.4, 0.5) is 0 Å². The summed E-state index contributed by atoms with van der Waals surface area (Å²) in [4.78, 5) is 41.7. The number of aliphatic carboxylic acids is 1. The molecule has 1 saturated heterocycles.